The van der Waals surface area contributed by atoms with Gasteiger partial charge in [0.05, 0.1) is 12.1 Å². The van der Waals surface area contributed by atoms with Crippen LogP contribution in [0.15, 0.2) is 54.7 Å². The van der Waals surface area contributed by atoms with Crippen LogP contribution in [0.1, 0.15) is 41.0 Å². The molecule has 1 N–H and O–H groups in total. The number of amides is 1. The van der Waals surface area contributed by atoms with Crippen molar-refractivity contribution in [3.05, 3.63) is 88.7 Å². The second kappa shape index (κ2) is 7.04. The molecule has 6 heteroatoms. The van der Waals surface area contributed by atoms with Gasteiger partial charge in [0.2, 0.25) is 0 Å². The molecule has 148 valence electrons. The average Bonchev–Trinajstić information content (AvgIpc) is 3.00. The molecular formula is C23H20F2N2O2. The minimum Gasteiger partial charge on any atom is -0.386 e. The Morgan fingerprint density at radius 1 is 1.07 bits per heavy atom. The number of hydrogen-bond donors (Lipinski definition) is 1. The first-order chi connectivity index (χ1) is 13.7. The van der Waals surface area contributed by atoms with Crippen molar-refractivity contribution in [3.63, 3.8) is 0 Å². The molecule has 1 amide bonds. The van der Waals surface area contributed by atoms with Gasteiger partial charge in [-0.15, -0.1) is 0 Å². The number of rotatable bonds is 4. The molecule has 0 atom stereocenters. The van der Waals surface area contributed by atoms with Crippen LogP contribution in [-0.4, -0.2) is 20.9 Å². The number of aliphatic hydroxyl groups is 1. The predicted molar refractivity (Wildman–Crippen MR) is 105 cm³/mol. The number of benzene rings is 2. The molecule has 2 aromatic carbocycles. The van der Waals surface area contributed by atoms with E-state index >= 15 is 0 Å². The molecule has 0 radical (unpaired) electrons. The molecule has 0 saturated carbocycles. The molecule has 1 aliphatic rings. The molecule has 2 heterocycles. The number of carbonyl (C=O) groups excluding carboxylic acids is 1. The zero-order valence-corrected chi connectivity index (χ0v) is 16.1. The standard InChI is InChI=1S/C23H20F2N2O2/c1-23(2,29)17-7-5-14(6-8-17)16-10-19(24)18(20(25)11-16)13-27-12-15-4-3-9-26-21(15)22(27)28/h3-11,29H,12-13H2,1-2H3. The molecular weight excluding hydrogens is 374 g/mol. The molecule has 0 unspecified atom stereocenters. The normalized spacial score (nSPS) is 13.7. The Bertz CT molecular complexity index is 1070. The Kier molecular flexibility index (Phi) is 4.67. The van der Waals surface area contributed by atoms with Gasteiger partial charge >= 0.3 is 0 Å². The Morgan fingerprint density at radius 2 is 1.72 bits per heavy atom. The van der Waals surface area contributed by atoms with E-state index in [1.54, 1.807) is 50.2 Å². The number of pyridine rings is 1. The van der Waals surface area contributed by atoms with Crippen LogP contribution >= 0.6 is 0 Å². The summed E-state index contributed by atoms with van der Waals surface area (Å²) in [5.41, 5.74) is 1.68. The first kappa shape index (κ1) is 19.2. The maximum absolute atomic E-state index is 14.7. The molecule has 0 spiro atoms. The molecule has 4 nitrogen and oxygen atoms in total. The van der Waals surface area contributed by atoms with Gasteiger partial charge in [0.1, 0.15) is 17.3 Å². The van der Waals surface area contributed by atoms with Gasteiger partial charge in [-0.1, -0.05) is 30.3 Å². The number of aromatic nitrogens is 1. The van der Waals surface area contributed by atoms with Crippen LogP contribution in [0.3, 0.4) is 0 Å². The van der Waals surface area contributed by atoms with Crippen LogP contribution in [0.25, 0.3) is 11.1 Å². The van der Waals surface area contributed by atoms with E-state index in [0.717, 1.165) is 5.56 Å². The van der Waals surface area contributed by atoms with Crippen LogP contribution < -0.4 is 0 Å². The van der Waals surface area contributed by atoms with Gasteiger partial charge < -0.3 is 10.0 Å². The first-order valence-corrected chi connectivity index (χ1v) is 9.28. The third-order valence-electron chi connectivity index (χ3n) is 5.16. The summed E-state index contributed by atoms with van der Waals surface area (Å²) in [7, 11) is 0. The van der Waals surface area contributed by atoms with Gasteiger partial charge in [-0.2, -0.15) is 0 Å². The maximum Gasteiger partial charge on any atom is 0.273 e. The van der Waals surface area contributed by atoms with Crippen molar-refractivity contribution in [2.75, 3.05) is 0 Å². The zero-order valence-electron chi connectivity index (χ0n) is 16.1. The van der Waals surface area contributed by atoms with Crippen molar-refractivity contribution in [1.82, 2.24) is 9.88 Å². The summed E-state index contributed by atoms with van der Waals surface area (Å²) < 4.78 is 29.5. The Hall–Kier alpha value is -3.12. The highest BCUT2D eigenvalue weighted by atomic mass is 19.1. The summed E-state index contributed by atoms with van der Waals surface area (Å²) in [5.74, 6) is -1.74. The van der Waals surface area contributed by atoms with E-state index < -0.39 is 17.2 Å². The lowest BCUT2D eigenvalue weighted by Gasteiger charge is -2.18. The number of halogens is 2. The minimum absolute atomic E-state index is 0.150. The van der Waals surface area contributed by atoms with E-state index in [4.69, 9.17) is 0 Å². The fraction of sp³-hybridized carbons (Fsp3) is 0.217. The quantitative estimate of drug-likeness (QED) is 0.713. The molecule has 3 aromatic rings. The second-order valence-electron chi connectivity index (χ2n) is 7.73. The lowest BCUT2D eigenvalue weighted by molar-refractivity contribution is 0.0758. The Morgan fingerprint density at radius 3 is 2.31 bits per heavy atom. The molecule has 4 rings (SSSR count). The number of fused-ring (bicyclic) bond motifs is 1. The van der Waals surface area contributed by atoms with Crippen LogP contribution in [0, 0.1) is 11.6 Å². The fourth-order valence-corrected chi connectivity index (χ4v) is 3.50. The summed E-state index contributed by atoms with van der Waals surface area (Å²) in [6.07, 6.45) is 1.53. The topological polar surface area (TPSA) is 53.4 Å². The second-order valence-corrected chi connectivity index (χ2v) is 7.73. The average molecular weight is 394 g/mol. The molecule has 29 heavy (non-hydrogen) atoms. The maximum atomic E-state index is 14.7. The van der Waals surface area contributed by atoms with E-state index in [-0.39, 0.29) is 24.6 Å². The van der Waals surface area contributed by atoms with Crippen LogP contribution in [0.5, 0.6) is 0 Å². The van der Waals surface area contributed by atoms with Gasteiger partial charge in [0.15, 0.2) is 0 Å². The summed E-state index contributed by atoms with van der Waals surface area (Å²) in [5, 5.41) is 10.0. The smallest absolute Gasteiger partial charge is 0.273 e. The van der Waals surface area contributed by atoms with E-state index in [2.05, 4.69) is 4.98 Å². The number of hydrogen-bond acceptors (Lipinski definition) is 3. The molecule has 1 aliphatic heterocycles. The summed E-state index contributed by atoms with van der Waals surface area (Å²) in [6, 6.07) is 12.9. The first-order valence-electron chi connectivity index (χ1n) is 9.28. The Balaban J connectivity index is 1.59. The fourth-order valence-electron chi connectivity index (χ4n) is 3.50. The third kappa shape index (κ3) is 3.63. The zero-order chi connectivity index (χ0) is 20.8. The Labute approximate surface area is 167 Å². The highest BCUT2D eigenvalue weighted by molar-refractivity contribution is 5.96. The lowest BCUT2D eigenvalue weighted by Crippen LogP contribution is -2.24. The third-order valence-corrected chi connectivity index (χ3v) is 5.16. The highest BCUT2D eigenvalue weighted by Gasteiger charge is 2.30. The van der Waals surface area contributed by atoms with Crippen molar-refractivity contribution in [2.24, 2.45) is 0 Å². The van der Waals surface area contributed by atoms with Gasteiger partial charge in [0.25, 0.3) is 5.91 Å². The summed E-state index contributed by atoms with van der Waals surface area (Å²) >= 11 is 0. The van der Waals surface area contributed by atoms with Gasteiger partial charge in [0, 0.05) is 23.9 Å². The predicted octanol–water partition coefficient (Wildman–Crippen LogP) is 4.41. The van der Waals surface area contributed by atoms with E-state index in [1.807, 2.05) is 0 Å². The van der Waals surface area contributed by atoms with Crippen LogP contribution in [0.2, 0.25) is 0 Å². The lowest BCUT2D eigenvalue weighted by atomic mass is 9.95. The van der Waals surface area contributed by atoms with E-state index in [1.165, 1.54) is 23.2 Å². The van der Waals surface area contributed by atoms with E-state index in [9.17, 15) is 18.7 Å². The number of carbonyl (C=O) groups is 1. The molecule has 1 aromatic heterocycles. The van der Waals surface area contributed by atoms with Crippen molar-refractivity contribution in [2.45, 2.75) is 32.5 Å². The van der Waals surface area contributed by atoms with Crippen LogP contribution in [0.4, 0.5) is 8.78 Å². The number of nitrogens with zero attached hydrogens (tertiary/aromatic N) is 2. The molecule has 0 fully saturated rings. The summed E-state index contributed by atoms with van der Waals surface area (Å²) in [4.78, 5) is 17.9. The van der Waals surface area contributed by atoms with Crippen molar-refractivity contribution in [1.29, 1.82) is 0 Å². The van der Waals surface area contributed by atoms with Gasteiger partial charge in [-0.3, -0.25) is 9.78 Å². The molecule has 0 aliphatic carbocycles. The van der Waals surface area contributed by atoms with Gasteiger partial charge in [-0.05, 0) is 48.7 Å². The van der Waals surface area contributed by atoms with Gasteiger partial charge in [-0.25, -0.2) is 8.78 Å². The van der Waals surface area contributed by atoms with Crippen molar-refractivity contribution in [3.8, 4) is 11.1 Å². The molecule has 0 saturated heterocycles. The van der Waals surface area contributed by atoms with Crippen molar-refractivity contribution < 1.29 is 18.7 Å². The molecule has 0 bridgehead atoms. The monoisotopic (exact) mass is 394 g/mol. The highest BCUT2D eigenvalue weighted by Crippen LogP contribution is 2.29. The van der Waals surface area contributed by atoms with E-state index in [0.29, 0.717) is 22.4 Å². The summed E-state index contributed by atoms with van der Waals surface area (Å²) in [6.45, 7) is 3.46. The van der Waals surface area contributed by atoms with Crippen LogP contribution in [-0.2, 0) is 18.7 Å². The minimum atomic E-state index is -0.992. The van der Waals surface area contributed by atoms with Crippen molar-refractivity contribution >= 4 is 5.91 Å². The SMILES string of the molecule is CC(C)(O)c1ccc(-c2cc(F)c(CN3Cc4cccnc4C3=O)c(F)c2)cc1. The largest absolute Gasteiger partial charge is 0.386 e.